The molecule has 3 aliphatic rings. The van der Waals surface area contributed by atoms with Crippen molar-refractivity contribution in [3.63, 3.8) is 0 Å². The molecule has 2 aliphatic heterocycles. The molecule has 4 heteroatoms. The molecule has 2 fully saturated rings. The third kappa shape index (κ3) is 1.88. The van der Waals surface area contributed by atoms with Crippen molar-refractivity contribution >= 4 is 16.9 Å². The van der Waals surface area contributed by atoms with Crippen LogP contribution in [0.4, 0.5) is 0 Å². The molecule has 102 valence electrons. The molecule has 18 heavy (non-hydrogen) atoms. The van der Waals surface area contributed by atoms with Gasteiger partial charge in [-0.15, -0.1) is 0 Å². The number of nitrogens with zero attached hydrogens (tertiary/aromatic N) is 2. The minimum atomic E-state index is -0.112. The third-order valence-corrected chi connectivity index (χ3v) is 6.59. The van der Waals surface area contributed by atoms with Crippen LogP contribution in [0.2, 0.25) is 0 Å². The maximum Gasteiger partial charge on any atom is 0.164 e. The van der Waals surface area contributed by atoms with Gasteiger partial charge in [0.05, 0.1) is 0 Å². The zero-order valence-corrected chi connectivity index (χ0v) is 12.7. The summed E-state index contributed by atoms with van der Waals surface area (Å²) in [6.07, 6.45) is 4.14. The first-order valence-corrected chi connectivity index (χ1v) is 7.98. The lowest BCUT2D eigenvalue weighted by atomic mass is 10.0. The van der Waals surface area contributed by atoms with Gasteiger partial charge in [0.15, 0.2) is 5.17 Å². The van der Waals surface area contributed by atoms with Crippen LogP contribution in [0.3, 0.4) is 0 Å². The highest BCUT2D eigenvalue weighted by molar-refractivity contribution is 8.14. The van der Waals surface area contributed by atoms with Crippen LogP contribution in [0.15, 0.2) is 4.99 Å². The Morgan fingerprint density at radius 3 is 2.83 bits per heavy atom. The molecular weight excluding hydrogens is 244 g/mol. The Labute approximate surface area is 114 Å². The maximum absolute atomic E-state index is 5.88. The molecule has 4 atom stereocenters. The molecule has 0 N–H and O–H groups in total. The van der Waals surface area contributed by atoms with E-state index in [1.165, 1.54) is 24.4 Å². The van der Waals surface area contributed by atoms with Gasteiger partial charge in [-0.3, -0.25) is 0 Å². The van der Waals surface area contributed by atoms with Gasteiger partial charge in [0.2, 0.25) is 0 Å². The van der Waals surface area contributed by atoms with E-state index in [0.29, 0.717) is 18.7 Å². The van der Waals surface area contributed by atoms with Gasteiger partial charge >= 0.3 is 0 Å². The minimum absolute atomic E-state index is 0.112. The van der Waals surface area contributed by atoms with Gasteiger partial charge in [-0.2, -0.15) is 0 Å². The number of amidine groups is 1. The molecule has 1 saturated carbocycles. The van der Waals surface area contributed by atoms with E-state index in [4.69, 9.17) is 4.74 Å². The molecule has 3 rings (SSSR count). The summed E-state index contributed by atoms with van der Waals surface area (Å²) in [5, 5.41) is 1.23. The first-order valence-electron chi connectivity index (χ1n) is 7.17. The molecule has 1 aliphatic carbocycles. The monoisotopic (exact) mass is 268 g/mol. The van der Waals surface area contributed by atoms with E-state index in [2.05, 4.69) is 37.6 Å². The van der Waals surface area contributed by atoms with Gasteiger partial charge in [-0.1, -0.05) is 25.6 Å². The number of ether oxygens (including phenoxy) is 1. The summed E-state index contributed by atoms with van der Waals surface area (Å²) in [6.45, 7) is 9.56. The smallest absolute Gasteiger partial charge is 0.164 e. The molecule has 1 unspecified atom stereocenters. The molecule has 0 aromatic carbocycles. The Hall–Kier alpha value is -0.220. The van der Waals surface area contributed by atoms with Crippen molar-refractivity contribution in [3.8, 4) is 0 Å². The van der Waals surface area contributed by atoms with Crippen LogP contribution in [-0.2, 0) is 4.74 Å². The van der Waals surface area contributed by atoms with E-state index in [1.807, 2.05) is 11.8 Å². The topological polar surface area (TPSA) is 24.8 Å². The number of piperidine rings is 1. The first-order chi connectivity index (χ1) is 8.51. The number of aliphatic imine (C=N–C) groups is 1. The minimum Gasteiger partial charge on any atom is -0.345 e. The zero-order valence-electron chi connectivity index (χ0n) is 11.8. The number of fused-ring (bicyclic) bond motifs is 2. The summed E-state index contributed by atoms with van der Waals surface area (Å²) >= 11 is 1.84. The van der Waals surface area contributed by atoms with Gasteiger partial charge in [0.25, 0.3) is 0 Å². The van der Waals surface area contributed by atoms with Gasteiger partial charge in [0.1, 0.15) is 11.7 Å². The van der Waals surface area contributed by atoms with Crippen molar-refractivity contribution in [2.24, 2.45) is 16.8 Å². The molecule has 1 saturated heterocycles. The van der Waals surface area contributed by atoms with Gasteiger partial charge in [0, 0.05) is 12.1 Å². The van der Waals surface area contributed by atoms with Crippen molar-refractivity contribution in [1.29, 1.82) is 0 Å². The van der Waals surface area contributed by atoms with E-state index in [9.17, 15) is 0 Å². The fourth-order valence-corrected chi connectivity index (χ4v) is 4.70. The van der Waals surface area contributed by atoms with E-state index in [-0.39, 0.29) is 4.93 Å². The lowest BCUT2D eigenvalue weighted by Gasteiger charge is -2.42. The highest BCUT2D eigenvalue weighted by Crippen LogP contribution is 2.47. The quantitative estimate of drug-likeness (QED) is 0.729. The SMILES string of the molecule is CC(C)C1(C)OCN=C(N2[C@H]3CC[C@H](C3)[C@H]2C)S1. The molecule has 0 aromatic heterocycles. The second-order valence-corrected chi connectivity index (χ2v) is 7.74. The summed E-state index contributed by atoms with van der Waals surface area (Å²) in [6, 6.07) is 1.41. The summed E-state index contributed by atoms with van der Waals surface area (Å²) in [7, 11) is 0. The van der Waals surface area contributed by atoms with Crippen LogP contribution in [0, 0.1) is 11.8 Å². The maximum atomic E-state index is 5.88. The third-order valence-electron chi connectivity index (χ3n) is 5.07. The fraction of sp³-hybridized carbons (Fsp3) is 0.929. The molecule has 2 heterocycles. The lowest BCUT2D eigenvalue weighted by molar-refractivity contribution is 0.00887. The number of likely N-dealkylation sites (tertiary alicyclic amines) is 1. The zero-order chi connectivity index (χ0) is 12.9. The molecule has 0 radical (unpaired) electrons. The molecule has 0 aromatic rings. The molecule has 0 amide bonds. The van der Waals surface area contributed by atoms with Crippen LogP contribution in [0.5, 0.6) is 0 Å². The summed E-state index contributed by atoms with van der Waals surface area (Å²) in [5.41, 5.74) is 0. The van der Waals surface area contributed by atoms with E-state index in [0.717, 1.165) is 12.0 Å². The van der Waals surface area contributed by atoms with Crippen molar-refractivity contribution < 1.29 is 4.74 Å². The van der Waals surface area contributed by atoms with Crippen LogP contribution in [0.25, 0.3) is 0 Å². The van der Waals surface area contributed by atoms with Crippen molar-refractivity contribution in [1.82, 2.24) is 4.90 Å². The first kappa shape index (κ1) is 12.8. The summed E-state index contributed by atoms with van der Waals surface area (Å²) in [5.74, 6) is 1.40. The Kier molecular flexibility index (Phi) is 3.14. The Balaban J connectivity index is 1.79. The molecule has 0 spiro atoms. The number of thioether (sulfide) groups is 1. The lowest BCUT2D eigenvalue weighted by Crippen LogP contribution is -2.47. The fourth-order valence-electron chi connectivity index (χ4n) is 3.45. The van der Waals surface area contributed by atoms with Crippen molar-refractivity contribution in [2.75, 3.05) is 6.73 Å². The predicted molar refractivity (Wildman–Crippen MR) is 76.7 cm³/mol. The standard InChI is InChI=1S/C14H24N2OS/c1-9(2)14(4)17-8-15-13(18-14)16-10(3)11-5-6-12(16)7-11/h9-12H,5-8H2,1-4H3/t10-,11-,12+,14?/m1/s1. The molecular formula is C14H24N2OS. The Bertz CT molecular complexity index is 369. The normalized spacial score (nSPS) is 43.7. The summed E-state index contributed by atoms with van der Waals surface area (Å²) in [4.78, 5) is 7.11. The predicted octanol–water partition coefficient (Wildman–Crippen LogP) is 3.31. The van der Waals surface area contributed by atoms with Crippen molar-refractivity contribution in [2.45, 2.75) is 64.0 Å². The second-order valence-electron chi connectivity index (χ2n) is 6.36. The van der Waals surface area contributed by atoms with E-state index < -0.39 is 0 Å². The number of rotatable bonds is 1. The Morgan fingerprint density at radius 2 is 2.22 bits per heavy atom. The average Bonchev–Trinajstić information content (AvgIpc) is 2.89. The highest BCUT2D eigenvalue weighted by atomic mass is 32.2. The van der Waals surface area contributed by atoms with Crippen LogP contribution in [-0.4, -0.2) is 33.8 Å². The van der Waals surface area contributed by atoms with E-state index in [1.54, 1.807) is 0 Å². The van der Waals surface area contributed by atoms with Gasteiger partial charge in [-0.05, 0) is 44.9 Å². The number of hydrogen-bond donors (Lipinski definition) is 0. The summed E-state index contributed by atoms with van der Waals surface area (Å²) < 4.78 is 5.88. The molecule has 3 nitrogen and oxygen atoms in total. The van der Waals surface area contributed by atoms with E-state index >= 15 is 0 Å². The van der Waals surface area contributed by atoms with Crippen LogP contribution < -0.4 is 0 Å². The number of hydrogen-bond acceptors (Lipinski definition) is 4. The highest BCUT2D eigenvalue weighted by Gasteiger charge is 2.47. The van der Waals surface area contributed by atoms with Crippen molar-refractivity contribution in [3.05, 3.63) is 0 Å². The second kappa shape index (κ2) is 4.41. The van der Waals surface area contributed by atoms with Crippen LogP contribution in [0.1, 0.15) is 47.0 Å². The Morgan fingerprint density at radius 1 is 1.44 bits per heavy atom. The van der Waals surface area contributed by atoms with Gasteiger partial charge < -0.3 is 9.64 Å². The average molecular weight is 268 g/mol. The van der Waals surface area contributed by atoms with Crippen LogP contribution >= 0.6 is 11.8 Å². The molecule has 2 bridgehead atoms. The van der Waals surface area contributed by atoms with Gasteiger partial charge in [-0.25, -0.2) is 4.99 Å². The largest absolute Gasteiger partial charge is 0.345 e.